The zero-order chi connectivity index (χ0) is 11.9. The largest absolute Gasteiger partial charge is 0.394 e. The first-order chi connectivity index (χ1) is 6.79. The molecular formula is C9H15CuNNiO4S. The van der Waals surface area contributed by atoms with Gasteiger partial charge in [0.2, 0.25) is 0 Å². The Kier molecular flexibility index (Phi) is 14.6. The number of benzene rings is 1. The molecule has 0 fully saturated rings. The molecule has 8 heteroatoms. The van der Waals surface area contributed by atoms with Crippen LogP contribution in [0.1, 0.15) is 12.5 Å². The Balaban J connectivity index is -0.000000247. The van der Waals surface area contributed by atoms with Crippen molar-refractivity contribution in [3.05, 3.63) is 35.9 Å². The molecular weight excluding hydrogens is 340 g/mol. The third-order valence-electron chi connectivity index (χ3n) is 1.40. The van der Waals surface area contributed by atoms with Crippen LogP contribution in [0.3, 0.4) is 0 Å². The zero-order valence-electron chi connectivity index (χ0n) is 8.99. The monoisotopic (exact) mass is 354 g/mol. The molecule has 0 saturated heterocycles. The molecule has 1 atom stereocenters. The smallest absolute Gasteiger partial charge is 0.328 e. The van der Waals surface area contributed by atoms with E-state index in [9.17, 15) is 0 Å². The van der Waals surface area contributed by atoms with Gasteiger partial charge in [-0.3, -0.25) is 9.11 Å². The standard InChI is InChI=1S/C9H13N.Cu.Ni.H2O4S/c1-8(10)7-9-5-3-2-4-6-9;;;1-5(2,3)4/h2-6,8H,7,10H2,1H3;;;(H2,1,2,3,4)/t8-;;;/m0.../s1. The summed E-state index contributed by atoms with van der Waals surface area (Å²) in [7, 11) is -4.67. The molecule has 0 saturated carbocycles. The van der Waals surface area contributed by atoms with Crippen LogP contribution >= 0.6 is 0 Å². The van der Waals surface area contributed by atoms with Crippen molar-refractivity contribution >= 4 is 10.4 Å². The molecule has 1 aromatic carbocycles. The molecule has 107 valence electrons. The van der Waals surface area contributed by atoms with Crippen LogP contribution in [0.25, 0.3) is 0 Å². The van der Waals surface area contributed by atoms with Crippen LogP contribution in [-0.2, 0) is 50.4 Å². The number of nitrogens with two attached hydrogens (primary N) is 1. The van der Waals surface area contributed by atoms with E-state index in [2.05, 4.69) is 12.1 Å². The van der Waals surface area contributed by atoms with Gasteiger partial charge in [0.05, 0.1) is 0 Å². The van der Waals surface area contributed by atoms with Crippen LogP contribution in [-0.4, -0.2) is 23.6 Å². The average molecular weight is 356 g/mol. The van der Waals surface area contributed by atoms with Crippen LogP contribution in [0.15, 0.2) is 30.3 Å². The van der Waals surface area contributed by atoms with Crippen molar-refractivity contribution in [3.63, 3.8) is 0 Å². The summed E-state index contributed by atoms with van der Waals surface area (Å²) in [5, 5.41) is 0. The molecule has 5 nitrogen and oxygen atoms in total. The van der Waals surface area contributed by atoms with Crippen LogP contribution in [0.2, 0.25) is 0 Å². The van der Waals surface area contributed by atoms with Gasteiger partial charge in [-0.1, -0.05) is 30.3 Å². The maximum atomic E-state index is 8.74. The second-order valence-corrected chi connectivity index (χ2v) is 4.01. The second-order valence-electron chi connectivity index (χ2n) is 3.11. The molecule has 0 bridgehead atoms. The van der Waals surface area contributed by atoms with Crippen molar-refractivity contribution in [2.24, 2.45) is 5.73 Å². The minimum absolute atomic E-state index is 0. The Morgan fingerprint density at radius 3 is 1.88 bits per heavy atom. The molecule has 0 heterocycles. The SMILES string of the molecule is C[C@H](N)Cc1ccccc1.O=S(=O)(O)O.[Cu].[Ni]. The Morgan fingerprint density at radius 2 is 1.59 bits per heavy atom. The summed E-state index contributed by atoms with van der Waals surface area (Å²) in [5.74, 6) is 0. The van der Waals surface area contributed by atoms with Gasteiger partial charge in [0.1, 0.15) is 0 Å². The molecule has 0 unspecified atom stereocenters. The van der Waals surface area contributed by atoms with Crippen LogP contribution in [0, 0.1) is 0 Å². The molecule has 1 radical (unpaired) electrons. The van der Waals surface area contributed by atoms with E-state index in [4.69, 9.17) is 23.3 Å². The van der Waals surface area contributed by atoms with E-state index in [1.165, 1.54) is 5.56 Å². The van der Waals surface area contributed by atoms with Gasteiger partial charge in [-0.05, 0) is 18.9 Å². The second kappa shape index (κ2) is 11.2. The Hall–Kier alpha value is 0.0630. The first-order valence-electron chi connectivity index (χ1n) is 4.28. The van der Waals surface area contributed by atoms with Gasteiger partial charge in [0.25, 0.3) is 0 Å². The van der Waals surface area contributed by atoms with Crippen molar-refractivity contribution < 1.29 is 51.1 Å². The van der Waals surface area contributed by atoms with E-state index in [0.717, 1.165) is 6.42 Å². The van der Waals surface area contributed by atoms with E-state index in [1.807, 2.05) is 25.1 Å². The van der Waals surface area contributed by atoms with Gasteiger partial charge in [0.15, 0.2) is 0 Å². The molecule has 1 aromatic rings. The van der Waals surface area contributed by atoms with Gasteiger partial charge in [-0.25, -0.2) is 0 Å². The molecule has 0 aliphatic carbocycles. The summed E-state index contributed by atoms with van der Waals surface area (Å²) in [6, 6.07) is 10.6. The fraction of sp³-hybridized carbons (Fsp3) is 0.333. The van der Waals surface area contributed by atoms with Crippen molar-refractivity contribution in [3.8, 4) is 0 Å². The van der Waals surface area contributed by atoms with Crippen LogP contribution in [0.5, 0.6) is 0 Å². The molecule has 0 aliphatic heterocycles. The third kappa shape index (κ3) is 21.8. The predicted octanol–water partition coefficient (Wildman–Crippen LogP) is 0.919. The fourth-order valence-electron chi connectivity index (χ4n) is 0.986. The molecule has 0 amide bonds. The van der Waals surface area contributed by atoms with Crippen molar-refractivity contribution in [1.29, 1.82) is 0 Å². The Bertz CT molecular complexity index is 364. The summed E-state index contributed by atoms with van der Waals surface area (Å²) < 4.78 is 31.6. The zero-order valence-corrected chi connectivity index (χ0v) is 11.7. The van der Waals surface area contributed by atoms with Gasteiger partial charge in [0, 0.05) is 39.6 Å². The first kappa shape index (κ1) is 22.3. The third-order valence-corrected chi connectivity index (χ3v) is 1.40. The molecule has 0 aliphatic rings. The van der Waals surface area contributed by atoms with E-state index in [-0.39, 0.29) is 39.6 Å². The van der Waals surface area contributed by atoms with Crippen molar-refractivity contribution in [2.45, 2.75) is 19.4 Å². The number of hydrogen-bond acceptors (Lipinski definition) is 3. The summed E-state index contributed by atoms with van der Waals surface area (Å²) in [5.41, 5.74) is 6.94. The minimum Gasteiger partial charge on any atom is -0.328 e. The van der Waals surface area contributed by atoms with Gasteiger partial charge < -0.3 is 5.73 Å². The maximum Gasteiger partial charge on any atom is 0.394 e. The van der Waals surface area contributed by atoms with Crippen LogP contribution in [0.4, 0.5) is 0 Å². The minimum atomic E-state index is -4.67. The summed E-state index contributed by atoms with van der Waals surface area (Å²) in [6.45, 7) is 2.02. The fourth-order valence-corrected chi connectivity index (χ4v) is 0.986. The summed E-state index contributed by atoms with van der Waals surface area (Å²) >= 11 is 0. The first-order valence-corrected chi connectivity index (χ1v) is 5.68. The van der Waals surface area contributed by atoms with Crippen molar-refractivity contribution in [2.75, 3.05) is 0 Å². The average Bonchev–Trinajstić information content (AvgIpc) is 2.01. The maximum absolute atomic E-state index is 8.74. The van der Waals surface area contributed by atoms with E-state index < -0.39 is 10.4 Å². The number of rotatable bonds is 2. The Morgan fingerprint density at radius 1 is 1.24 bits per heavy atom. The summed E-state index contributed by atoms with van der Waals surface area (Å²) in [4.78, 5) is 0. The Labute approximate surface area is 122 Å². The molecule has 4 N–H and O–H groups in total. The van der Waals surface area contributed by atoms with E-state index in [1.54, 1.807) is 0 Å². The van der Waals surface area contributed by atoms with Crippen molar-refractivity contribution in [1.82, 2.24) is 0 Å². The molecule has 0 spiro atoms. The van der Waals surface area contributed by atoms with Gasteiger partial charge >= 0.3 is 10.4 Å². The van der Waals surface area contributed by atoms with E-state index >= 15 is 0 Å². The topological polar surface area (TPSA) is 101 Å². The molecule has 0 aromatic heterocycles. The van der Waals surface area contributed by atoms with E-state index in [0.29, 0.717) is 0 Å². The number of hydrogen-bond donors (Lipinski definition) is 3. The summed E-state index contributed by atoms with van der Waals surface area (Å²) in [6.07, 6.45) is 0.973. The van der Waals surface area contributed by atoms with Gasteiger partial charge in [-0.2, -0.15) is 8.42 Å². The molecule has 1 rings (SSSR count). The quantitative estimate of drug-likeness (QED) is 0.541. The normalized spacial score (nSPS) is 11.1. The molecule has 17 heavy (non-hydrogen) atoms. The van der Waals surface area contributed by atoms with Gasteiger partial charge in [-0.15, -0.1) is 0 Å². The van der Waals surface area contributed by atoms with Crippen LogP contribution < -0.4 is 5.73 Å². The predicted molar refractivity (Wildman–Crippen MR) is 58.0 cm³/mol.